The van der Waals surface area contributed by atoms with Gasteiger partial charge in [0.15, 0.2) is 0 Å². The van der Waals surface area contributed by atoms with Gasteiger partial charge in [-0.05, 0) is 12.8 Å². The summed E-state index contributed by atoms with van der Waals surface area (Å²) in [7, 11) is 2.65. The molecule has 0 radical (unpaired) electrons. The van der Waals surface area contributed by atoms with Gasteiger partial charge in [-0.3, -0.25) is 4.67 Å². The Morgan fingerprint density at radius 3 is 3.09 bits per heavy atom. The molecule has 0 spiro atoms. The minimum atomic E-state index is 0.230. The second kappa shape index (κ2) is 4.66. The number of nitriles is 1. The Labute approximate surface area is 69.6 Å². The predicted molar refractivity (Wildman–Crippen MR) is 45.6 cm³/mol. The van der Waals surface area contributed by atoms with Crippen LogP contribution >= 0.6 is 9.39 Å². The van der Waals surface area contributed by atoms with E-state index in [-0.39, 0.29) is 6.23 Å². The van der Waals surface area contributed by atoms with Crippen LogP contribution in [0.2, 0.25) is 0 Å². The molecule has 62 valence electrons. The maximum Gasteiger partial charge on any atom is 0.113 e. The number of rotatable bonds is 3. The highest BCUT2D eigenvalue weighted by molar-refractivity contribution is 7.13. The molecule has 11 heavy (non-hydrogen) atoms. The minimum absolute atomic E-state index is 0.230. The van der Waals surface area contributed by atoms with E-state index in [1.165, 1.54) is 6.42 Å². The summed E-state index contributed by atoms with van der Waals surface area (Å²) in [6.07, 6.45) is 3.01. The van der Waals surface area contributed by atoms with Gasteiger partial charge in [0, 0.05) is 6.54 Å². The molecule has 2 atom stereocenters. The van der Waals surface area contributed by atoms with Crippen LogP contribution in [0.5, 0.6) is 0 Å². The van der Waals surface area contributed by atoms with Crippen LogP contribution in [0.25, 0.3) is 0 Å². The van der Waals surface area contributed by atoms with E-state index in [0.29, 0.717) is 13.0 Å². The zero-order valence-electron chi connectivity index (χ0n) is 6.49. The van der Waals surface area contributed by atoms with Gasteiger partial charge in [-0.2, -0.15) is 5.26 Å². The van der Waals surface area contributed by atoms with E-state index in [0.717, 1.165) is 13.0 Å². The largest absolute Gasteiger partial charge is 0.362 e. The molecule has 0 saturated carbocycles. The van der Waals surface area contributed by atoms with Crippen molar-refractivity contribution in [1.82, 2.24) is 4.67 Å². The molecule has 0 aliphatic carbocycles. The van der Waals surface area contributed by atoms with Crippen LogP contribution in [-0.2, 0) is 4.74 Å². The van der Waals surface area contributed by atoms with Gasteiger partial charge < -0.3 is 4.74 Å². The smallest absolute Gasteiger partial charge is 0.113 e. The molecule has 0 aromatic carbocycles. The summed E-state index contributed by atoms with van der Waals surface area (Å²) in [5, 5.41) is 8.26. The second-order valence-electron chi connectivity index (χ2n) is 2.61. The fourth-order valence-electron chi connectivity index (χ4n) is 1.18. The topological polar surface area (TPSA) is 36.3 Å². The van der Waals surface area contributed by atoms with Gasteiger partial charge in [-0.15, -0.1) is 0 Å². The van der Waals surface area contributed by atoms with Crippen LogP contribution < -0.4 is 0 Å². The lowest BCUT2D eigenvalue weighted by molar-refractivity contribution is 0.00830. The number of ether oxygens (including phenoxy) is 1. The minimum Gasteiger partial charge on any atom is -0.362 e. The monoisotopic (exact) mass is 172 g/mol. The molecule has 1 heterocycles. The van der Waals surface area contributed by atoms with Gasteiger partial charge in [0.2, 0.25) is 0 Å². The fourth-order valence-corrected chi connectivity index (χ4v) is 1.60. The second-order valence-corrected chi connectivity index (χ2v) is 3.28. The van der Waals surface area contributed by atoms with Crippen LogP contribution in [0.3, 0.4) is 0 Å². The lowest BCUT2D eigenvalue weighted by Gasteiger charge is -2.18. The number of hydrogen-bond acceptors (Lipinski definition) is 3. The Bertz CT molecular complexity index is 157. The van der Waals surface area contributed by atoms with E-state index < -0.39 is 0 Å². The Hall–Kier alpha value is -0.160. The Kier molecular flexibility index (Phi) is 3.79. The zero-order chi connectivity index (χ0) is 8.10. The third kappa shape index (κ3) is 2.75. The van der Waals surface area contributed by atoms with Crippen LogP contribution in [0.1, 0.15) is 19.3 Å². The van der Waals surface area contributed by atoms with Crippen molar-refractivity contribution in [1.29, 1.82) is 5.26 Å². The van der Waals surface area contributed by atoms with Crippen LogP contribution in [0.4, 0.5) is 0 Å². The predicted octanol–water partition coefficient (Wildman–Crippen LogP) is 1.13. The Morgan fingerprint density at radius 2 is 2.55 bits per heavy atom. The lowest BCUT2D eigenvalue weighted by Crippen LogP contribution is -2.22. The SMILES string of the molecule is N#CCCOC1CCCN1P. The van der Waals surface area contributed by atoms with Crippen molar-refractivity contribution in [3.05, 3.63) is 0 Å². The van der Waals surface area contributed by atoms with Gasteiger partial charge in [-0.1, -0.05) is 9.39 Å². The maximum absolute atomic E-state index is 8.26. The molecule has 0 aromatic heterocycles. The van der Waals surface area contributed by atoms with Crippen LogP contribution in [-0.4, -0.2) is 24.0 Å². The molecule has 1 aliphatic rings. The first-order valence-corrected chi connectivity index (χ1v) is 4.36. The highest BCUT2D eigenvalue weighted by Crippen LogP contribution is 2.21. The molecule has 3 nitrogen and oxygen atoms in total. The third-order valence-electron chi connectivity index (χ3n) is 1.76. The first-order valence-electron chi connectivity index (χ1n) is 3.84. The average molecular weight is 172 g/mol. The van der Waals surface area contributed by atoms with Crippen LogP contribution in [0.15, 0.2) is 0 Å². The summed E-state index contributed by atoms with van der Waals surface area (Å²) < 4.78 is 7.55. The van der Waals surface area contributed by atoms with Crippen molar-refractivity contribution in [3.8, 4) is 6.07 Å². The van der Waals surface area contributed by atoms with Crippen molar-refractivity contribution >= 4 is 9.39 Å². The molecule has 1 rings (SSSR count). The summed E-state index contributed by atoms with van der Waals surface area (Å²) in [5.74, 6) is 0. The standard InChI is InChI=1S/C7H13N2OP/c8-4-2-6-10-7-3-1-5-9(7)11/h7H,1-3,5-6,11H2. The highest BCUT2D eigenvalue weighted by Gasteiger charge is 2.20. The first kappa shape index (κ1) is 8.93. The lowest BCUT2D eigenvalue weighted by atomic mass is 10.4. The maximum atomic E-state index is 8.26. The normalized spacial score (nSPS) is 25.3. The summed E-state index contributed by atoms with van der Waals surface area (Å²) >= 11 is 0. The van der Waals surface area contributed by atoms with Crippen molar-refractivity contribution in [2.24, 2.45) is 0 Å². The summed E-state index contributed by atoms with van der Waals surface area (Å²) in [6, 6.07) is 2.06. The van der Waals surface area contributed by atoms with E-state index in [1.807, 2.05) is 0 Å². The molecule has 0 aromatic rings. The zero-order valence-corrected chi connectivity index (χ0v) is 7.65. The van der Waals surface area contributed by atoms with E-state index in [4.69, 9.17) is 10.00 Å². The molecule has 1 saturated heterocycles. The van der Waals surface area contributed by atoms with Gasteiger partial charge in [0.05, 0.1) is 19.1 Å². The van der Waals surface area contributed by atoms with Crippen molar-refractivity contribution in [3.63, 3.8) is 0 Å². The molecule has 0 bridgehead atoms. The van der Waals surface area contributed by atoms with E-state index >= 15 is 0 Å². The fraction of sp³-hybridized carbons (Fsp3) is 0.857. The van der Waals surface area contributed by atoms with Crippen molar-refractivity contribution < 1.29 is 4.74 Å². The third-order valence-corrected chi connectivity index (χ3v) is 2.35. The molecule has 4 heteroatoms. The summed E-state index contributed by atoms with van der Waals surface area (Å²) in [6.45, 7) is 1.65. The van der Waals surface area contributed by atoms with Crippen LogP contribution in [0, 0.1) is 11.3 Å². The first-order chi connectivity index (χ1) is 5.34. The molecular formula is C7H13N2OP. The molecule has 0 amide bonds. The molecule has 0 N–H and O–H groups in total. The van der Waals surface area contributed by atoms with E-state index in [1.54, 1.807) is 0 Å². The molecule has 1 fully saturated rings. The summed E-state index contributed by atoms with van der Waals surface area (Å²) in [5.41, 5.74) is 0. The van der Waals surface area contributed by atoms with Gasteiger partial charge >= 0.3 is 0 Å². The van der Waals surface area contributed by atoms with E-state index in [9.17, 15) is 0 Å². The van der Waals surface area contributed by atoms with Crippen molar-refractivity contribution in [2.75, 3.05) is 13.2 Å². The van der Waals surface area contributed by atoms with Gasteiger partial charge in [0.1, 0.15) is 6.23 Å². The van der Waals surface area contributed by atoms with E-state index in [2.05, 4.69) is 20.1 Å². The average Bonchev–Trinajstić information content (AvgIpc) is 2.37. The number of nitrogens with zero attached hydrogens (tertiary/aromatic N) is 2. The van der Waals surface area contributed by atoms with Crippen molar-refractivity contribution in [2.45, 2.75) is 25.5 Å². The Morgan fingerprint density at radius 1 is 1.73 bits per heavy atom. The van der Waals surface area contributed by atoms with Gasteiger partial charge in [-0.25, -0.2) is 0 Å². The molecule has 2 unspecified atom stereocenters. The van der Waals surface area contributed by atoms with Gasteiger partial charge in [0.25, 0.3) is 0 Å². The molecule has 1 aliphatic heterocycles. The highest BCUT2D eigenvalue weighted by atomic mass is 31.0. The molecular weight excluding hydrogens is 159 g/mol. The Balaban J connectivity index is 2.11. The quantitative estimate of drug-likeness (QED) is 0.473. The number of hydrogen-bond donors (Lipinski definition) is 0. The summed E-state index contributed by atoms with van der Waals surface area (Å²) in [4.78, 5) is 0.